The first-order valence-corrected chi connectivity index (χ1v) is 26.3. The van der Waals surface area contributed by atoms with Crippen LogP contribution in [0.3, 0.4) is 0 Å². The molecule has 0 atom stereocenters. The van der Waals surface area contributed by atoms with Gasteiger partial charge in [0.15, 0.2) is 21.7 Å². The minimum absolute atomic E-state index is 0. The van der Waals surface area contributed by atoms with Crippen LogP contribution in [-0.2, 0) is 54.4 Å². The van der Waals surface area contributed by atoms with Gasteiger partial charge in [0.1, 0.15) is 11.6 Å². The van der Waals surface area contributed by atoms with Gasteiger partial charge in [-0.1, -0.05) is 154 Å². The fourth-order valence-electron chi connectivity index (χ4n) is 7.92. The van der Waals surface area contributed by atoms with Crippen molar-refractivity contribution < 1.29 is 63.7 Å². The number of hydrogen-bond acceptors (Lipinski definition) is 21. The number of aromatic nitrogens is 12. The van der Waals surface area contributed by atoms with Crippen molar-refractivity contribution in [1.29, 1.82) is 0 Å². The van der Waals surface area contributed by atoms with Crippen LogP contribution in [0.15, 0.2) is 97.1 Å². The zero-order chi connectivity index (χ0) is 57.6. The van der Waals surface area contributed by atoms with Gasteiger partial charge in [-0.15, -0.1) is 20.4 Å². The molecule has 0 aliphatic heterocycles. The molecule has 5 N–H and O–H groups in total. The standard InChI is InChI=1S/2C27H29ClN6O5.CH4O.CH4.Ca.2H2O/c2*1-4-5-10-22-29-24(28)23(26(35)37-16-38-27(36)39-17(2)3)34(22)15-18-11-13-19(14-12-18)20-8-6-7-9-21(20)25-30-32-33-31-25;1-2;;;;/h2*6-9,11-14,17H,4-5,10,15-16H2,1-3H3,(H,30,31,32,33);2H,1H3;1H4;;2*1H2/q;;;;+2;;/p-2. The number of hydrogen-bond donors (Lipinski definition) is 3. The maximum absolute atomic E-state index is 12.9. The number of aryl methyl sites for hydroxylation is 2. The number of aliphatic hydroxyl groups is 1. The first-order chi connectivity index (χ1) is 38.7. The minimum atomic E-state index is -0.929. The van der Waals surface area contributed by atoms with Crippen molar-refractivity contribution in [1.82, 2.24) is 60.4 Å². The van der Waals surface area contributed by atoms with Gasteiger partial charge in [-0.2, -0.15) is 10.4 Å². The van der Waals surface area contributed by atoms with E-state index in [1.807, 2.05) is 97.1 Å². The SMILES string of the molecule is C.CCCCc1nc(Cl)c(C(=O)OCOC(=O)OC(C)C)n1Cc1ccc(-c2ccccc2-c2nn[nH]n2)cc1.CCCCc1nc(Cl)c(C(=O)OCOC(=O)OC(C)C)n1Cc1ccc(-c2ccccc2-c2nn[nH]n2)cc1.CO.[Ca+2].[OH-].[OH-]. The van der Waals surface area contributed by atoms with Crippen LogP contribution in [0.2, 0.25) is 10.3 Å². The van der Waals surface area contributed by atoms with E-state index >= 15 is 0 Å². The first-order valence-electron chi connectivity index (χ1n) is 25.5. The van der Waals surface area contributed by atoms with Crippen molar-refractivity contribution in [2.75, 3.05) is 20.7 Å². The Morgan fingerprint density at radius 1 is 0.548 bits per heavy atom. The molecule has 0 fully saturated rings. The Labute approximate surface area is 525 Å². The Hall–Kier alpha value is -7.36. The summed E-state index contributed by atoms with van der Waals surface area (Å²) in [5.41, 5.74) is 7.60. The molecule has 0 radical (unpaired) electrons. The zero-order valence-electron chi connectivity index (χ0n) is 46.8. The van der Waals surface area contributed by atoms with Gasteiger partial charge < -0.3 is 53.6 Å². The molecule has 8 aromatic rings. The van der Waals surface area contributed by atoms with Crippen LogP contribution in [0.25, 0.3) is 45.0 Å². The second kappa shape index (κ2) is 37.1. The van der Waals surface area contributed by atoms with Crippen molar-refractivity contribution in [3.63, 3.8) is 0 Å². The van der Waals surface area contributed by atoms with E-state index in [4.69, 9.17) is 56.7 Å². The largest absolute Gasteiger partial charge is 2.00 e. The van der Waals surface area contributed by atoms with Crippen LogP contribution in [-0.4, -0.2) is 171 Å². The van der Waals surface area contributed by atoms with E-state index in [1.54, 1.807) is 36.8 Å². The number of H-pyrrole nitrogens is 2. The van der Waals surface area contributed by atoms with Crippen molar-refractivity contribution in [2.45, 2.75) is 113 Å². The van der Waals surface area contributed by atoms with Crippen molar-refractivity contribution in [3.05, 3.63) is 142 Å². The monoisotopic (exact) mass is 1230 g/mol. The van der Waals surface area contributed by atoms with E-state index in [2.05, 4.69) is 65.1 Å². The quantitative estimate of drug-likeness (QED) is 0.0246. The van der Waals surface area contributed by atoms with Crippen molar-refractivity contribution >= 4 is 85.2 Å². The molecule has 84 heavy (non-hydrogen) atoms. The molecule has 8 rings (SSSR count). The van der Waals surface area contributed by atoms with Gasteiger partial charge in [-0.3, -0.25) is 0 Å². The van der Waals surface area contributed by atoms with Gasteiger partial charge in [0.25, 0.3) is 0 Å². The Bertz CT molecular complexity index is 3040. The second-order valence-electron chi connectivity index (χ2n) is 17.9. The summed E-state index contributed by atoms with van der Waals surface area (Å²) in [6, 6.07) is 31.4. The normalized spacial score (nSPS) is 10.3. The summed E-state index contributed by atoms with van der Waals surface area (Å²) in [7, 11) is 1.00. The average molecular weight is 1230 g/mol. The summed E-state index contributed by atoms with van der Waals surface area (Å²) in [5, 5.41) is 35.8. The Morgan fingerprint density at radius 3 is 1.20 bits per heavy atom. The summed E-state index contributed by atoms with van der Waals surface area (Å²) in [4.78, 5) is 57.9. The number of tetrazole rings is 2. The zero-order valence-corrected chi connectivity index (χ0v) is 50.5. The summed E-state index contributed by atoms with van der Waals surface area (Å²) in [6.45, 7) is 10.3. The summed E-state index contributed by atoms with van der Waals surface area (Å²) < 4.78 is 33.2. The molecule has 4 heterocycles. The van der Waals surface area contributed by atoms with E-state index in [-0.39, 0.29) is 90.0 Å². The maximum Gasteiger partial charge on any atom is 2.00 e. The molecule has 0 aliphatic rings. The van der Waals surface area contributed by atoms with E-state index < -0.39 is 37.8 Å². The summed E-state index contributed by atoms with van der Waals surface area (Å²) in [6.07, 6.45) is 2.34. The number of esters is 2. The number of unbranched alkanes of at least 4 members (excludes halogenated alkanes) is 2. The first kappa shape index (κ1) is 72.7. The van der Waals surface area contributed by atoms with Crippen LogP contribution >= 0.6 is 23.2 Å². The van der Waals surface area contributed by atoms with E-state index in [0.717, 1.165) is 77.3 Å². The molecule has 0 bridgehead atoms. The number of imidazole rings is 2. The molecular weight excluding hydrogens is 1160 g/mol. The third-order valence-corrected chi connectivity index (χ3v) is 12.1. The number of ether oxygens (including phenoxy) is 6. The van der Waals surface area contributed by atoms with Gasteiger partial charge in [0.2, 0.25) is 25.2 Å². The Balaban J connectivity index is 0.000000532. The predicted molar refractivity (Wildman–Crippen MR) is 310 cm³/mol. The van der Waals surface area contributed by atoms with E-state index in [0.29, 0.717) is 49.2 Å². The number of benzene rings is 4. The molecule has 0 aliphatic carbocycles. The number of aliphatic hydroxyl groups excluding tert-OH is 1. The van der Waals surface area contributed by atoms with Gasteiger partial charge in [0.05, 0.1) is 12.2 Å². The fourth-order valence-corrected chi connectivity index (χ4v) is 8.48. The number of aromatic amines is 2. The van der Waals surface area contributed by atoms with Crippen LogP contribution in [0.4, 0.5) is 9.59 Å². The molecule has 25 nitrogen and oxygen atoms in total. The van der Waals surface area contributed by atoms with Crippen LogP contribution in [0, 0.1) is 0 Å². The number of rotatable bonds is 22. The smallest absolute Gasteiger partial charge is 0.870 e. The van der Waals surface area contributed by atoms with Gasteiger partial charge in [-0.05, 0) is 84.3 Å². The molecule has 0 unspecified atom stereocenters. The molecule has 446 valence electrons. The third kappa shape index (κ3) is 20.5. The maximum atomic E-state index is 12.9. The average Bonchev–Trinajstić information content (AvgIpc) is 2.97. The van der Waals surface area contributed by atoms with Crippen molar-refractivity contribution in [2.24, 2.45) is 0 Å². The number of nitrogens with zero attached hydrogens (tertiary/aromatic N) is 10. The number of halogens is 2. The Morgan fingerprint density at radius 2 is 0.893 bits per heavy atom. The Kier molecular flexibility index (Phi) is 32.1. The number of carbonyl (C=O) groups is 4. The molecule has 0 saturated carbocycles. The molecular formula is C56H68CaCl2N12O13. The number of carbonyl (C=O) groups excluding carboxylic acids is 4. The topological polar surface area (TPSA) is 348 Å². The third-order valence-electron chi connectivity index (χ3n) is 11.5. The van der Waals surface area contributed by atoms with Crippen molar-refractivity contribution in [3.8, 4) is 45.0 Å². The van der Waals surface area contributed by atoms with E-state index in [1.165, 1.54) is 0 Å². The second-order valence-corrected chi connectivity index (χ2v) is 18.6. The van der Waals surface area contributed by atoms with Crippen LogP contribution in [0.5, 0.6) is 0 Å². The predicted octanol–water partition coefficient (Wildman–Crippen LogP) is 10.4. The molecule has 0 saturated heterocycles. The van der Waals surface area contributed by atoms with Gasteiger partial charge in [-0.25, -0.2) is 29.1 Å². The summed E-state index contributed by atoms with van der Waals surface area (Å²) in [5.74, 6) is 0.846. The molecule has 4 aromatic heterocycles. The number of nitrogens with one attached hydrogen (secondary N) is 2. The minimum Gasteiger partial charge on any atom is -0.870 e. The van der Waals surface area contributed by atoms with E-state index in [9.17, 15) is 19.2 Å². The molecule has 28 heteroatoms. The molecule has 4 aromatic carbocycles. The summed E-state index contributed by atoms with van der Waals surface area (Å²) >= 11 is 12.8. The molecule has 0 amide bonds. The van der Waals surface area contributed by atoms with Crippen LogP contribution < -0.4 is 0 Å². The fraction of sp³-hybridized carbons (Fsp3) is 0.357. The van der Waals surface area contributed by atoms with Crippen LogP contribution in [0.1, 0.15) is 118 Å². The van der Waals surface area contributed by atoms with Gasteiger partial charge in [0, 0.05) is 44.2 Å². The van der Waals surface area contributed by atoms with Gasteiger partial charge >= 0.3 is 62.0 Å². The molecule has 0 spiro atoms.